The predicted octanol–water partition coefficient (Wildman–Crippen LogP) is 1.49. The number of terminal acetylenes is 1. The van der Waals surface area contributed by atoms with Gasteiger partial charge in [-0.2, -0.15) is 0 Å². The normalized spacial score (nSPS) is 9.33. The van der Waals surface area contributed by atoms with Crippen LogP contribution in [0.25, 0.3) is 0 Å². The third kappa shape index (κ3) is 3.75. The Balaban J connectivity index is 2.76. The van der Waals surface area contributed by atoms with Crippen LogP contribution in [0.1, 0.15) is 0 Å². The molecule has 18 heavy (non-hydrogen) atoms. The summed E-state index contributed by atoms with van der Waals surface area (Å²) >= 11 is 3.12. The molecule has 0 aliphatic carbocycles. The summed E-state index contributed by atoms with van der Waals surface area (Å²) in [5, 5.41) is 13.2. The maximum atomic E-state index is 11.3. The van der Waals surface area contributed by atoms with E-state index >= 15 is 0 Å². The summed E-state index contributed by atoms with van der Waals surface area (Å²) in [5.74, 6) is 1.80. The molecule has 1 aromatic rings. The minimum Gasteiger partial charge on any atom is -0.476 e. The highest BCUT2D eigenvalue weighted by Gasteiger charge is 2.18. The Bertz CT molecular complexity index is 510. The van der Waals surface area contributed by atoms with Crippen LogP contribution in [-0.2, 0) is 4.79 Å². The monoisotopic (exact) mass is 312 g/mol. The summed E-state index contributed by atoms with van der Waals surface area (Å²) in [6, 6.07) is 4.38. The lowest BCUT2D eigenvalue weighted by Gasteiger charge is -2.07. The molecule has 0 radical (unpaired) electrons. The van der Waals surface area contributed by atoms with Crippen LogP contribution < -0.4 is 10.1 Å². The highest BCUT2D eigenvalue weighted by Crippen LogP contribution is 2.34. The predicted molar refractivity (Wildman–Crippen MR) is 68.1 cm³/mol. The molecule has 0 fully saturated rings. The standard InChI is InChI=1S/C11H9BrN2O4/c1-2-6-13-10(15)7-18-11-8(12)4-3-5-9(11)14(16)17/h1,3-5H,6-7H2,(H,13,15). The van der Waals surface area contributed by atoms with Gasteiger partial charge in [0.05, 0.1) is 15.9 Å². The van der Waals surface area contributed by atoms with E-state index in [9.17, 15) is 14.9 Å². The van der Waals surface area contributed by atoms with Gasteiger partial charge in [0.15, 0.2) is 6.61 Å². The number of nitro groups is 1. The van der Waals surface area contributed by atoms with Gasteiger partial charge in [-0.05, 0) is 22.0 Å². The first-order chi connectivity index (χ1) is 8.56. The number of rotatable bonds is 5. The summed E-state index contributed by atoms with van der Waals surface area (Å²) in [7, 11) is 0. The number of hydrogen-bond donors (Lipinski definition) is 1. The second-order valence-corrected chi connectivity index (χ2v) is 3.97. The van der Waals surface area contributed by atoms with Crippen LogP contribution in [-0.4, -0.2) is 24.0 Å². The molecule has 0 saturated heterocycles. The summed E-state index contributed by atoms with van der Waals surface area (Å²) in [5.41, 5.74) is -0.214. The van der Waals surface area contributed by atoms with E-state index in [0.29, 0.717) is 4.47 Å². The van der Waals surface area contributed by atoms with Crippen molar-refractivity contribution in [1.29, 1.82) is 0 Å². The van der Waals surface area contributed by atoms with Crippen LogP contribution >= 0.6 is 15.9 Å². The van der Waals surface area contributed by atoms with Gasteiger partial charge >= 0.3 is 5.69 Å². The molecular formula is C11H9BrN2O4. The van der Waals surface area contributed by atoms with Crippen LogP contribution in [0.4, 0.5) is 5.69 Å². The van der Waals surface area contributed by atoms with Crippen molar-refractivity contribution in [1.82, 2.24) is 5.32 Å². The van der Waals surface area contributed by atoms with Crippen molar-refractivity contribution in [3.8, 4) is 18.1 Å². The molecule has 0 aliphatic heterocycles. The number of amides is 1. The van der Waals surface area contributed by atoms with E-state index in [1.807, 2.05) is 0 Å². The van der Waals surface area contributed by atoms with Crippen LogP contribution in [0.2, 0.25) is 0 Å². The number of hydrogen-bond acceptors (Lipinski definition) is 4. The fraction of sp³-hybridized carbons (Fsp3) is 0.182. The third-order valence-corrected chi connectivity index (χ3v) is 2.50. The quantitative estimate of drug-likeness (QED) is 0.507. The highest BCUT2D eigenvalue weighted by atomic mass is 79.9. The van der Waals surface area contributed by atoms with Gasteiger partial charge in [0.25, 0.3) is 5.91 Å². The Morgan fingerprint density at radius 1 is 1.61 bits per heavy atom. The minimum atomic E-state index is -0.584. The van der Waals surface area contributed by atoms with Crippen LogP contribution in [0.3, 0.4) is 0 Å². The summed E-state index contributed by atoms with van der Waals surface area (Å²) in [4.78, 5) is 21.4. The first kappa shape index (κ1) is 14.0. The molecule has 0 aliphatic rings. The van der Waals surface area contributed by atoms with E-state index in [-0.39, 0.29) is 24.6 Å². The van der Waals surface area contributed by atoms with Gasteiger partial charge in [0.1, 0.15) is 0 Å². The molecule has 0 aromatic heterocycles. The Morgan fingerprint density at radius 2 is 2.33 bits per heavy atom. The molecule has 0 spiro atoms. The second kappa shape index (κ2) is 6.61. The number of halogens is 1. The van der Waals surface area contributed by atoms with Gasteiger partial charge < -0.3 is 10.1 Å². The number of benzene rings is 1. The Morgan fingerprint density at radius 3 is 2.94 bits per heavy atom. The molecule has 94 valence electrons. The molecule has 0 saturated carbocycles. The average molecular weight is 313 g/mol. The SMILES string of the molecule is C#CCNC(=O)COc1c(Br)cccc1[N+](=O)[O-]. The molecule has 0 bridgehead atoms. The summed E-state index contributed by atoms with van der Waals surface area (Å²) < 4.78 is 5.52. The number of ether oxygens (including phenoxy) is 1. The van der Waals surface area contributed by atoms with E-state index in [1.54, 1.807) is 6.07 Å². The summed E-state index contributed by atoms with van der Waals surface area (Å²) in [6.07, 6.45) is 4.97. The van der Waals surface area contributed by atoms with Crippen LogP contribution in [0.5, 0.6) is 5.75 Å². The van der Waals surface area contributed by atoms with Crippen molar-refractivity contribution < 1.29 is 14.5 Å². The van der Waals surface area contributed by atoms with Gasteiger partial charge in [-0.3, -0.25) is 14.9 Å². The fourth-order valence-corrected chi connectivity index (χ4v) is 1.59. The number of carbonyl (C=O) groups is 1. The van der Waals surface area contributed by atoms with Crippen molar-refractivity contribution >= 4 is 27.5 Å². The number of para-hydroxylation sites is 1. The van der Waals surface area contributed by atoms with Crippen LogP contribution in [0, 0.1) is 22.5 Å². The molecule has 1 amide bonds. The number of nitro benzene ring substituents is 1. The fourth-order valence-electron chi connectivity index (χ4n) is 1.12. The van der Waals surface area contributed by atoms with Crippen molar-refractivity contribution in [3.05, 3.63) is 32.8 Å². The maximum Gasteiger partial charge on any atom is 0.312 e. The molecule has 0 atom stereocenters. The zero-order chi connectivity index (χ0) is 13.5. The number of carbonyl (C=O) groups excluding carboxylic acids is 1. The van der Waals surface area contributed by atoms with Crippen molar-refractivity contribution in [2.75, 3.05) is 13.2 Å². The van der Waals surface area contributed by atoms with Crippen molar-refractivity contribution in [2.45, 2.75) is 0 Å². The molecule has 1 N–H and O–H groups in total. The smallest absolute Gasteiger partial charge is 0.312 e. The topological polar surface area (TPSA) is 81.5 Å². The van der Waals surface area contributed by atoms with Gasteiger partial charge in [-0.1, -0.05) is 12.0 Å². The molecule has 1 aromatic carbocycles. The van der Waals surface area contributed by atoms with Gasteiger partial charge in [-0.25, -0.2) is 0 Å². The van der Waals surface area contributed by atoms with E-state index in [1.165, 1.54) is 12.1 Å². The Labute approximate surface area is 112 Å². The zero-order valence-electron chi connectivity index (χ0n) is 9.18. The number of nitrogens with one attached hydrogen (secondary N) is 1. The second-order valence-electron chi connectivity index (χ2n) is 3.11. The molecular weight excluding hydrogens is 304 g/mol. The van der Waals surface area contributed by atoms with Gasteiger partial charge in [0.2, 0.25) is 5.75 Å². The van der Waals surface area contributed by atoms with Crippen molar-refractivity contribution in [2.24, 2.45) is 0 Å². The zero-order valence-corrected chi connectivity index (χ0v) is 10.8. The first-order valence-corrected chi connectivity index (χ1v) is 5.61. The third-order valence-electron chi connectivity index (χ3n) is 1.88. The van der Waals surface area contributed by atoms with Crippen molar-refractivity contribution in [3.63, 3.8) is 0 Å². The van der Waals surface area contributed by atoms with E-state index < -0.39 is 10.8 Å². The molecule has 0 heterocycles. The molecule has 7 heteroatoms. The van der Waals surface area contributed by atoms with E-state index in [4.69, 9.17) is 11.2 Å². The maximum absolute atomic E-state index is 11.3. The summed E-state index contributed by atoms with van der Waals surface area (Å²) in [6.45, 7) is -0.259. The lowest BCUT2D eigenvalue weighted by Crippen LogP contribution is -2.29. The number of nitrogens with zero attached hydrogens (tertiary/aromatic N) is 1. The average Bonchev–Trinajstić information content (AvgIpc) is 2.34. The Hall–Kier alpha value is -2.07. The molecule has 1 rings (SSSR count). The van der Waals surface area contributed by atoms with E-state index in [2.05, 4.69) is 27.2 Å². The largest absolute Gasteiger partial charge is 0.476 e. The lowest BCUT2D eigenvalue weighted by molar-refractivity contribution is -0.385. The van der Waals surface area contributed by atoms with Crippen LogP contribution in [0.15, 0.2) is 22.7 Å². The van der Waals surface area contributed by atoms with E-state index in [0.717, 1.165) is 0 Å². The first-order valence-electron chi connectivity index (χ1n) is 4.82. The highest BCUT2D eigenvalue weighted by molar-refractivity contribution is 9.10. The molecule has 6 nitrogen and oxygen atoms in total. The minimum absolute atomic E-state index is 0.0124. The van der Waals surface area contributed by atoms with Gasteiger partial charge in [0, 0.05) is 6.07 Å². The van der Waals surface area contributed by atoms with Gasteiger partial charge in [-0.15, -0.1) is 6.42 Å². The molecule has 0 unspecified atom stereocenters. The lowest BCUT2D eigenvalue weighted by atomic mass is 10.3. The Kier molecular flexibility index (Phi) is 5.14.